The Balaban J connectivity index is 2.11. The van der Waals surface area contributed by atoms with Crippen molar-refractivity contribution in [3.8, 4) is 0 Å². The van der Waals surface area contributed by atoms with Crippen LogP contribution in [0, 0.1) is 5.82 Å². The maximum Gasteiger partial charge on any atom is 0.177 e. The molecule has 0 unspecified atom stereocenters. The summed E-state index contributed by atoms with van der Waals surface area (Å²) in [6.45, 7) is 2.08. The molecule has 0 aliphatic heterocycles. The second-order valence-corrected chi connectivity index (χ2v) is 9.15. The van der Waals surface area contributed by atoms with Crippen LogP contribution < -0.4 is 0 Å². The Morgan fingerprint density at radius 2 is 1.77 bits per heavy atom. The molecule has 1 aromatic heterocycles. The van der Waals surface area contributed by atoms with Crippen LogP contribution in [0.15, 0.2) is 47.4 Å². The lowest BCUT2D eigenvalue weighted by Gasteiger charge is -2.22. The summed E-state index contributed by atoms with van der Waals surface area (Å²) < 4.78 is 41.3. The van der Waals surface area contributed by atoms with Crippen LogP contribution in [0.2, 0.25) is 0 Å². The molecule has 1 aliphatic carbocycles. The number of hydrogen-bond acceptors (Lipinski definition) is 2. The van der Waals surface area contributed by atoms with Crippen molar-refractivity contribution in [2.75, 3.05) is 6.26 Å². The van der Waals surface area contributed by atoms with Gasteiger partial charge in [-0.3, -0.25) is 0 Å². The zero-order valence-corrected chi connectivity index (χ0v) is 15.8. The van der Waals surface area contributed by atoms with Crippen molar-refractivity contribution in [1.82, 2.24) is 4.57 Å². The van der Waals surface area contributed by atoms with E-state index < -0.39 is 15.7 Å². The molecular weight excluding hydrogens is 349 g/mol. The first-order chi connectivity index (χ1) is 12.4. The highest BCUT2D eigenvalue weighted by atomic mass is 32.2. The number of fused-ring (bicyclic) bond motifs is 3. The van der Waals surface area contributed by atoms with Crippen LogP contribution in [0.25, 0.3) is 10.9 Å². The van der Waals surface area contributed by atoms with Gasteiger partial charge in [-0.15, -0.1) is 0 Å². The fourth-order valence-corrected chi connectivity index (χ4v) is 5.11. The number of rotatable bonds is 3. The molecule has 136 valence electrons. The van der Waals surface area contributed by atoms with E-state index in [1.807, 2.05) is 18.2 Å². The molecule has 4 rings (SSSR count). The average molecular weight is 371 g/mol. The number of nitrogens with zero attached hydrogens (tertiary/aromatic N) is 1. The van der Waals surface area contributed by atoms with Gasteiger partial charge in [0.15, 0.2) is 9.84 Å². The van der Waals surface area contributed by atoms with E-state index in [2.05, 4.69) is 23.6 Å². The van der Waals surface area contributed by atoms with Gasteiger partial charge in [0.05, 0.1) is 16.5 Å². The lowest BCUT2D eigenvalue weighted by atomic mass is 9.95. The average Bonchev–Trinajstić information content (AvgIpc) is 2.94. The normalized spacial score (nSPS) is 15.8. The van der Waals surface area contributed by atoms with Crippen LogP contribution in [-0.4, -0.2) is 19.2 Å². The summed E-state index contributed by atoms with van der Waals surface area (Å²) in [6.07, 6.45) is 5.04. The summed E-state index contributed by atoms with van der Waals surface area (Å²) in [4.78, 5) is 0.0877. The zero-order chi connectivity index (χ0) is 18.5. The minimum Gasteiger partial charge on any atom is -0.336 e. The summed E-state index contributed by atoms with van der Waals surface area (Å²) in [5, 5.41) is 0.753. The summed E-state index contributed by atoms with van der Waals surface area (Å²) in [5.74, 6) is -0.490. The third-order valence-electron chi connectivity index (χ3n) is 5.40. The molecule has 0 spiro atoms. The topological polar surface area (TPSA) is 39.1 Å². The van der Waals surface area contributed by atoms with Crippen molar-refractivity contribution in [3.05, 3.63) is 65.1 Å². The first-order valence-electron chi connectivity index (χ1n) is 8.98. The van der Waals surface area contributed by atoms with Crippen LogP contribution in [0.1, 0.15) is 42.6 Å². The van der Waals surface area contributed by atoms with Crippen LogP contribution in [0.4, 0.5) is 4.39 Å². The highest BCUT2D eigenvalue weighted by Crippen LogP contribution is 2.39. The molecule has 1 heterocycles. The molecule has 1 aliphatic rings. The van der Waals surface area contributed by atoms with Gasteiger partial charge in [0.25, 0.3) is 0 Å². The third kappa shape index (κ3) is 2.75. The lowest BCUT2D eigenvalue weighted by Crippen LogP contribution is -2.14. The van der Waals surface area contributed by atoms with Crippen molar-refractivity contribution in [2.45, 2.75) is 43.5 Å². The summed E-state index contributed by atoms with van der Waals surface area (Å²) in [6, 6.07) is 12.7. The first-order valence-corrected chi connectivity index (χ1v) is 10.9. The molecular formula is C21H22FNO2S. The predicted octanol–water partition coefficient (Wildman–Crippen LogP) is 4.67. The Bertz CT molecular complexity index is 1080. The second-order valence-electron chi connectivity index (χ2n) is 7.16. The maximum absolute atomic E-state index is 14.3. The standard InChI is InChI=1S/C21H22FNO2S/c1-14(15-8-4-3-5-9-15)23-19-11-7-6-10-17(19)18-12-16(22)13-20(21(18)23)26(2,24)25/h3-5,8-9,12-14H,6-7,10-11H2,1-2H3/t14-/m0/s1. The molecule has 3 nitrogen and oxygen atoms in total. The summed E-state index contributed by atoms with van der Waals surface area (Å²) in [5.41, 5.74) is 4.02. The number of aryl methyl sites for hydroxylation is 1. The highest BCUT2D eigenvalue weighted by Gasteiger charge is 2.28. The van der Waals surface area contributed by atoms with Gasteiger partial charge in [0, 0.05) is 17.3 Å². The molecule has 3 aromatic rings. The minimum absolute atomic E-state index is 0.0217. The van der Waals surface area contributed by atoms with E-state index in [0.717, 1.165) is 60.2 Å². The molecule has 5 heteroatoms. The first kappa shape index (κ1) is 17.3. The molecule has 0 saturated carbocycles. The van der Waals surface area contributed by atoms with Crippen molar-refractivity contribution >= 4 is 20.7 Å². The van der Waals surface area contributed by atoms with Crippen LogP contribution in [0.3, 0.4) is 0 Å². The van der Waals surface area contributed by atoms with Crippen molar-refractivity contribution in [2.24, 2.45) is 0 Å². The van der Waals surface area contributed by atoms with E-state index in [1.165, 1.54) is 6.07 Å². The molecule has 0 bridgehead atoms. The Morgan fingerprint density at radius 1 is 1.08 bits per heavy atom. The SMILES string of the molecule is C[C@@H](c1ccccc1)n1c2c(c3cc(F)cc(S(C)(=O)=O)c31)CCCC2. The van der Waals surface area contributed by atoms with Crippen molar-refractivity contribution in [1.29, 1.82) is 0 Å². The summed E-state index contributed by atoms with van der Waals surface area (Å²) in [7, 11) is -3.55. The van der Waals surface area contributed by atoms with E-state index in [4.69, 9.17) is 0 Å². The van der Waals surface area contributed by atoms with Gasteiger partial charge in [0.2, 0.25) is 0 Å². The van der Waals surface area contributed by atoms with Gasteiger partial charge in [-0.25, -0.2) is 12.8 Å². The smallest absolute Gasteiger partial charge is 0.177 e. The molecule has 0 radical (unpaired) electrons. The fraction of sp³-hybridized carbons (Fsp3) is 0.333. The van der Waals surface area contributed by atoms with E-state index >= 15 is 0 Å². The van der Waals surface area contributed by atoms with Gasteiger partial charge < -0.3 is 4.57 Å². The van der Waals surface area contributed by atoms with Gasteiger partial charge in [-0.2, -0.15) is 0 Å². The molecule has 2 aromatic carbocycles. The minimum atomic E-state index is -3.55. The van der Waals surface area contributed by atoms with E-state index in [-0.39, 0.29) is 10.9 Å². The highest BCUT2D eigenvalue weighted by molar-refractivity contribution is 7.91. The van der Waals surface area contributed by atoms with Crippen molar-refractivity contribution in [3.63, 3.8) is 0 Å². The molecule has 1 atom stereocenters. The molecule has 0 fully saturated rings. The molecule has 0 saturated heterocycles. The number of aromatic nitrogens is 1. The Labute approximate surface area is 153 Å². The Hall–Kier alpha value is -2.14. The largest absolute Gasteiger partial charge is 0.336 e. The van der Waals surface area contributed by atoms with E-state index in [1.54, 1.807) is 0 Å². The number of halogens is 1. The van der Waals surface area contributed by atoms with Gasteiger partial charge in [-0.05, 0) is 55.9 Å². The van der Waals surface area contributed by atoms with E-state index in [9.17, 15) is 12.8 Å². The van der Waals surface area contributed by atoms with Gasteiger partial charge in [0.1, 0.15) is 5.82 Å². The lowest BCUT2D eigenvalue weighted by molar-refractivity contribution is 0.578. The summed E-state index contributed by atoms with van der Waals surface area (Å²) >= 11 is 0. The second kappa shape index (κ2) is 6.23. The molecule has 26 heavy (non-hydrogen) atoms. The van der Waals surface area contributed by atoms with E-state index in [0.29, 0.717) is 5.52 Å². The fourth-order valence-electron chi connectivity index (χ4n) is 4.22. The monoisotopic (exact) mass is 371 g/mol. The molecule has 0 N–H and O–H groups in total. The quantitative estimate of drug-likeness (QED) is 0.671. The number of hydrogen-bond donors (Lipinski definition) is 0. The van der Waals surface area contributed by atoms with Crippen LogP contribution in [0.5, 0.6) is 0 Å². The van der Waals surface area contributed by atoms with Gasteiger partial charge in [-0.1, -0.05) is 30.3 Å². The Kier molecular flexibility index (Phi) is 4.14. The molecule has 0 amide bonds. The zero-order valence-electron chi connectivity index (χ0n) is 15.0. The van der Waals surface area contributed by atoms with Crippen molar-refractivity contribution < 1.29 is 12.8 Å². The van der Waals surface area contributed by atoms with Gasteiger partial charge >= 0.3 is 0 Å². The Morgan fingerprint density at radius 3 is 2.46 bits per heavy atom. The van der Waals surface area contributed by atoms with Crippen LogP contribution >= 0.6 is 0 Å². The predicted molar refractivity (Wildman–Crippen MR) is 102 cm³/mol. The number of benzene rings is 2. The third-order valence-corrected chi connectivity index (χ3v) is 6.51. The van der Waals surface area contributed by atoms with Crippen LogP contribution in [-0.2, 0) is 22.7 Å². The number of sulfone groups is 1. The maximum atomic E-state index is 14.3.